The summed E-state index contributed by atoms with van der Waals surface area (Å²) in [6.07, 6.45) is 3.23. The summed E-state index contributed by atoms with van der Waals surface area (Å²) in [7, 11) is 4.06. The van der Waals surface area contributed by atoms with Crippen molar-refractivity contribution in [1.29, 1.82) is 0 Å². The van der Waals surface area contributed by atoms with Crippen LogP contribution in [0.15, 0.2) is 48.5 Å². The van der Waals surface area contributed by atoms with Crippen LogP contribution < -0.4 is 4.90 Å². The summed E-state index contributed by atoms with van der Waals surface area (Å²) < 4.78 is 5.79. The Bertz CT molecular complexity index is 732. The van der Waals surface area contributed by atoms with Gasteiger partial charge in [-0.15, -0.1) is 0 Å². The zero-order chi connectivity index (χ0) is 19.2. The van der Waals surface area contributed by atoms with Gasteiger partial charge in [0.1, 0.15) is 0 Å². The van der Waals surface area contributed by atoms with Gasteiger partial charge in [-0.05, 0) is 54.7 Å². The second kappa shape index (κ2) is 9.05. The summed E-state index contributed by atoms with van der Waals surface area (Å²) in [6, 6.07) is 16.4. The fraction of sp³-hybridized carbons (Fsp3) is 0.435. The van der Waals surface area contributed by atoms with Gasteiger partial charge in [-0.2, -0.15) is 0 Å². The SMILES string of the molecule is CCc1ccc(C(=O)N(Cc2ccc(N(C)C)cc2)CC2CCCO2)cc1. The minimum Gasteiger partial charge on any atom is -0.378 e. The highest BCUT2D eigenvalue weighted by atomic mass is 16.5. The minimum atomic E-state index is 0.0739. The quantitative estimate of drug-likeness (QED) is 0.738. The molecule has 0 N–H and O–H groups in total. The van der Waals surface area contributed by atoms with Crippen LogP contribution in [0.5, 0.6) is 0 Å². The van der Waals surface area contributed by atoms with Crippen LogP contribution in [0.2, 0.25) is 0 Å². The molecular weight excluding hydrogens is 336 g/mol. The molecule has 1 saturated heterocycles. The Morgan fingerprint density at radius 3 is 2.26 bits per heavy atom. The number of rotatable bonds is 7. The van der Waals surface area contributed by atoms with Crippen molar-refractivity contribution in [3.8, 4) is 0 Å². The summed E-state index contributed by atoms with van der Waals surface area (Å²) >= 11 is 0. The van der Waals surface area contributed by atoms with E-state index in [0.717, 1.165) is 42.7 Å². The number of aryl methyl sites for hydroxylation is 1. The number of hydrogen-bond donors (Lipinski definition) is 0. The molecule has 1 fully saturated rings. The molecular formula is C23H30N2O2. The van der Waals surface area contributed by atoms with E-state index in [4.69, 9.17) is 4.74 Å². The molecule has 1 aliphatic heterocycles. The molecule has 0 spiro atoms. The van der Waals surface area contributed by atoms with Crippen molar-refractivity contribution in [2.24, 2.45) is 0 Å². The zero-order valence-electron chi connectivity index (χ0n) is 16.6. The van der Waals surface area contributed by atoms with Crippen molar-refractivity contribution in [2.45, 2.75) is 38.8 Å². The largest absolute Gasteiger partial charge is 0.378 e. The molecule has 1 atom stereocenters. The molecule has 144 valence electrons. The van der Waals surface area contributed by atoms with Crippen LogP contribution in [-0.2, 0) is 17.7 Å². The molecule has 0 aromatic heterocycles. The number of ether oxygens (including phenoxy) is 1. The first-order chi connectivity index (χ1) is 13.1. The monoisotopic (exact) mass is 366 g/mol. The Morgan fingerprint density at radius 2 is 1.70 bits per heavy atom. The molecule has 1 unspecified atom stereocenters. The highest BCUT2D eigenvalue weighted by Gasteiger charge is 2.23. The van der Waals surface area contributed by atoms with Gasteiger partial charge in [-0.1, -0.05) is 31.2 Å². The number of carbonyl (C=O) groups is 1. The van der Waals surface area contributed by atoms with E-state index < -0.39 is 0 Å². The first kappa shape index (κ1) is 19.4. The van der Waals surface area contributed by atoms with Gasteiger partial charge in [0.05, 0.1) is 6.10 Å². The molecule has 1 aliphatic rings. The Balaban J connectivity index is 1.77. The van der Waals surface area contributed by atoms with Gasteiger partial charge in [-0.25, -0.2) is 0 Å². The zero-order valence-corrected chi connectivity index (χ0v) is 16.6. The summed E-state index contributed by atoms with van der Waals surface area (Å²) in [5, 5.41) is 0. The van der Waals surface area contributed by atoms with Gasteiger partial charge in [-0.3, -0.25) is 4.79 Å². The maximum absolute atomic E-state index is 13.2. The van der Waals surface area contributed by atoms with Crippen molar-refractivity contribution in [3.05, 3.63) is 65.2 Å². The molecule has 2 aromatic carbocycles. The van der Waals surface area contributed by atoms with E-state index in [1.807, 2.05) is 43.3 Å². The second-order valence-corrected chi connectivity index (χ2v) is 7.43. The minimum absolute atomic E-state index is 0.0739. The highest BCUT2D eigenvalue weighted by Crippen LogP contribution is 2.19. The molecule has 0 bridgehead atoms. The van der Waals surface area contributed by atoms with Gasteiger partial charge in [0.15, 0.2) is 0 Å². The number of anilines is 1. The van der Waals surface area contributed by atoms with Crippen molar-refractivity contribution >= 4 is 11.6 Å². The molecule has 0 radical (unpaired) electrons. The molecule has 1 heterocycles. The van der Waals surface area contributed by atoms with E-state index in [9.17, 15) is 4.79 Å². The van der Waals surface area contributed by atoms with Crippen LogP contribution in [0.1, 0.15) is 41.3 Å². The maximum atomic E-state index is 13.2. The van der Waals surface area contributed by atoms with Crippen molar-refractivity contribution < 1.29 is 9.53 Å². The lowest BCUT2D eigenvalue weighted by molar-refractivity contribution is 0.0507. The summed E-state index contributed by atoms with van der Waals surface area (Å²) in [6.45, 7) is 4.17. The molecule has 3 rings (SSSR count). The molecule has 4 nitrogen and oxygen atoms in total. The van der Waals surface area contributed by atoms with Crippen LogP contribution in [0, 0.1) is 0 Å². The van der Waals surface area contributed by atoms with E-state index in [0.29, 0.717) is 13.1 Å². The fourth-order valence-corrected chi connectivity index (χ4v) is 3.44. The van der Waals surface area contributed by atoms with Crippen molar-refractivity contribution in [1.82, 2.24) is 4.90 Å². The molecule has 27 heavy (non-hydrogen) atoms. The van der Waals surface area contributed by atoms with Gasteiger partial charge in [0.2, 0.25) is 0 Å². The maximum Gasteiger partial charge on any atom is 0.254 e. The van der Waals surface area contributed by atoms with Crippen LogP contribution in [-0.4, -0.2) is 44.2 Å². The summed E-state index contributed by atoms with van der Waals surface area (Å²) in [4.78, 5) is 17.2. The van der Waals surface area contributed by atoms with E-state index in [1.54, 1.807) is 0 Å². The van der Waals surface area contributed by atoms with E-state index >= 15 is 0 Å². The molecule has 0 aliphatic carbocycles. The number of amides is 1. The summed E-state index contributed by atoms with van der Waals surface area (Å²) in [5.74, 6) is 0.0739. The first-order valence-electron chi connectivity index (χ1n) is 9.83. The lowest BCUT2D eigenvalue weighted by atomic mass is 10.1. The van der Waals surface area contributed by atoms with Gasteiger partial charge in [0, 0.05) is 45.0 Å². The van der Waals surface area contributed by atoms with Gasteiger partial charge < -0.3 is 14.5 Å². The lowest BCUT2D eigenvalue weighted by Crippen LogP contribution is -2.37. The van der Waals surface area contributed by atoms with Gasteiger partial charge >= 0.3 is 0 Å². The van der Waals surface area contributed by atoms with Crippen LogP contribution in [0.25, 0.3) is 0 Å². The third-order valence-corrected chi connectivity index (χ3v) is 5.17. The average Bonchev–Trinajstić information content (AvgIpc) is 3.20. The molecule has 1 amide bonds. The smallest absolute Gasteiger partial charge is 0.254 e. The predicted molar refractivity (Wildman–Crippen MR) is 110 cm³/mol. The Morgan fingerprint density at radius 1 is 1.04 bits per heavy atom. The average molecular weight is 367 g/mol. The van der Waals surface area contributed by atoms with Gasteiger partial charge in [0.25, 0.3) is 5.91 Å². The van der Waals surface area contributed by atoms with Crippen LogP contribution in [0.3, 0.4) is 0 Å². The molecule has 2 aromatic rings. The lowest BCUT2D eigenvalue weighted by Gasteiger charge is -2.26. The van der Waals surface area contributed by atoms with Crippen LogP contribution in [0.4, 0.5) is 5.69 Å². The Kier molecular flexibility index (Phi) is 6.51. The van der Waals surface area contributed by atoms with E-state index in [-0.39, 0.29) is 12.0 Å². The first-order valence-corrected chi connectivity index (χ1v) is 9.83. The fourth-order valence-electron chi connectivity index (χ4n) is 3.44. The van der Waals surface area contributed by atoms with E-state index in [1.165, 1.54) is 5.56 Å². The standard InChI is InChI=1S/C23H30N2O2/c1-4-18-7-11-20(12-8-18)23(26)25(17-22-6-5-15-27-22)16-19-9-13-21(14-10-19)24(2)3/h7-14,22H,4-6,15-17H2,1-3H3. The van der Waals surface area contributed by atoms with Crippen molar-refractivity contribution in [3.63, 3.8) is 0 Å². The summed E-state index contributed by atoms with van der Waals surface area (Å²) in [5.41, 5.74) is 4.29. The Labute approximate surface area is 162 Å². The molecule has 0 saturated carbocycles. The highest BCUT2D eigenvalue weighted by molar-refractivity contribution is 5.94. The third-order valence-electron chi connectivity index (χ3n) is 5.17. The van der Waals surface area contributed by atoms with E-state index in [2.05, 4.69) is 36.1 Å². The topological polar surface area (TPSA) is 32.8 Å². The number of benzene rings is 2. The number of carbonyl (C=O) groups excluding carboxylic acids is 1. The molecule has 4 heteroatoms. The normalized spacial score (nSPS) is 16.3. The number of hydrogen-bond acceptors (Lipinski definition) is 3. The predicted octanol–water partition coefficient (Wildman–Crippen LogP) is 4.14. The Hall–Kier alpha value is -2.33. The third kappa shape index (κ3) is 5.10. The second-order valence-electron chi connectivity index (χ2n) is 7.43. The number of nitrogens with zero attached hydrogens (tertiary/aromatic N) is 2. The van der Waals surface area contributed by atoms with Crippen LogP contribution >= 0.6 is 0 Å². The van der Waals surface area contributed by atoms with Crippen molar-refractivity contribution in [2.75, 3.05) is 32.1 Å².